The highest BCUT2D eigenvalue weighted by Gasteiger charge is 2.08. The van der Waals surface area contributed by atoms with E-state index in [1.807, 2.05) is 24.3 Å². The second kappa shape index (κ2) is 25.7. The molecule has 0 aliphatic rings. The number of nitrogens with zero attached hydrogens (tertiary/aromatic N) is 2. The Morgan fingerprint density at radius 2 is 0.935 bits per heavy atom. The van der Waals surface area contributed by atoms with Crippen molar-refractivity contribution >= 4 is 11.6 Å². The lowest BCUT2D eigenvalue weighted by molar-refractivity contribution is -0.124. The van der Waals surface area contributed by atoms with Crippen LogP contribution in [0.3, 0.4) is 0 Å². The third-order valence-electron chi connectivity index (χ3n) is 8.53. The van der Waals surface area contributed by atoms with Crippen LogP contribution < -0.4 is 0 Å². The molecule has 0 aromatic heterocycles. The minimum Gasteiger partial charge on any atom is -0.369 e. The number of Topliss-reactive ketones (excluding diaryl/α,β-unsaturated/α-hetero) is 2. The van der Waals surface area contributed by atoms with Crippen molar-refractivity contribution in [2.45, 2.75) is 117 Å². The minimum absolute atomic E-state index is 0.159. The molecule has 0 N–H and O–H groups in total. The van der Waals surface area contributed by atoms with Gasteiger partial charge >= 0.3 is 0 Å². The van der Waals surface area contributed by atoms with Gasteiger partial charge in [-0.05, 0) is 100 Å². The van der Waals surface area contributed by atoms with Crippen molar-refractivity contribution < 1.29 is 19.1 Å². The summed E-state index contributed by atoms with van der Waals surface area (Å²) in [6, 6.07) is 16.5. The molecule has 2 rings (SSSR count). The Bertz CT molecular complexity index is 1000. The molecule has 0 aliphatic carbocycles. The predicted molar refractivity (Wildman–Crippen MR) is 192 cm³/mol. The number of benzene rings is 2. The number of ether oxygens (including phenoxy) is 2. The van der Waals surface area contributed by atoms with E-state index in [0.717, 1.165) is 61.3 Å². The molecule has 0 saturated carbocycles. The van der Waals surface area contributed by atoms with E-state index in [9.17, 15) is 9.59 Å². The average Bonchev–Trinajstić information content (AvgIpc) is 3.05. The van der Waals surface area contributed by atoms with E-state index < -0.39 is 0 Å². The normalized spacial score (nSPS) is 11.5. The Morgan fingerprint density at radius 1 is 0.543 bits per heavy atom. The zero-order valence-corrected chi connectivity index (χ0v) is 29.7. The van der Waals surface area contributed by atoms with E-state index >= 15 is 0 Å². The first-order chi connectivity index (χ1) is 22.4. The number of unbranched alkanes of at least 4 members (excludes halogenated alkanes) is 8. The highest BCUT2D eigenvalue weighted by molar-refractivity contribution is 5.80. The zero-order valence-electron chi connectivity index (χ0n) is 29.7. The molecule has 0 atom stereocenters. The third-order valence-corrected chi connectivity index (χ3v) is 8.53. The number of hydrogen-bond donors (Lipinski definition) is 0. The number of hydrogen-bond acceptors (Lipinski definition) is 6. The van der Waals surface area contributed by atoms with Crippen LogP contribution in [-0.4, -0.2) is 74.9 Å². The Kier molecular flexibility index (Phi) is 22.2. The predicted octanol–water partition coefficient (Wildman–Crippen LogP) is 8.89. The van der Waals surface area contributed by atoms with Gasteiger partial charge in [0.2, 0.25) is 0 Å². The van der Waals surface area contributed by atoms with Crippen molar-refractivity contribution in [3.8, 4) is 11.1 Å². The quantitative estimate of drug-likeness (QED) is 0.0832. The minimum atomic E-state index is 0.159. The molecule has 6 nitrogen and oxygen atoms in total. The average molecular weight is 637 g/mol. The molecule has 0 spiro atoms. The van der Waals surface area contributed by atoms with Gasteiger partial charge in [0.15, 0.2) is 11.6 Å². The van der Waals surface area contributed by atoms with Crippen LogP contribution in [0, 0.1) is 0 Å². The van der Waals surface area contributed by atoms with E-state index in [1.54, 1.807) is 0 Å². The molecular formula is C40H64N2O4. The van der Waals surface area contributed by atoms with Crippen LogP contribution >= 0.6 is 0 Å². The van der Waals surface area contributed by atoms with Gasteiger partial charge in [-0.1, -0.05) is 102 Å². The van der Waals surface area contributed by atoms with Gasteiger partial charge in [0.1, 0.15) is 13.2 Å². The van der Waals surface area contributed by atoms with Gasteiger partial charge < -0.3 is 19.3 Å². The van der Waals surface area contributed by atoms with Crippen molar-refractivity contribution in [1.82, 2.24) is 9.80 Å². The Hall–Kier alpha value is -2.38. The molecule has 258 valence electrons. The van der Waals surface area contributed by atoms with Crippen LogP contribution in [-0.2, 0) is 32.3 Å². The van der Waals surface area contributed by atoms with Crippen LogP contribution in [0.25, 0.3) is 11.1 Å². The molecular weight excluding hydrogens is 572 g/mol. The summed E-state index contributed by atoms with van der Waals surface area (Å²) < 4.78 is 11.6. The van der Waals surface area contributed by atoms with Crippen LogP contribution in [0.4, 0.5) is 0 Å². The summed E-state index contributed by atoms with van der Waals surface area (Å²) >= 11 is 0. The maximum atomic E-state index is 12.4. The van der Waals surface area contributed by atoms with Crippen LogP contribution in [0.5, 0.6) is 0 Å². The molecule has 46 heavy (non-hydrogen) atoms. The van der Waals surface area contributed by atoms with Crippen molar-refractivity contribution in [1.29, 1.82) is 0 Å². The number of carbonyl (C=O) groups is 2. The fraction of sp³-hybridized carbons (Fsp3) is 0.650. The SMILES string of the molecule is CCCCCCCN(C)CCCC(=O)COCc1cccc(-c2cccc(COCC(=O)CCCN(C)CCCCCCC)c2)c1. The Labute approximate surface area is 281 Å². The van der Waals surface area contributed by atoms with Crippen LogP contribution in [0.2, 0.25) is 0 Å². The summed E-state index contributed by atoms with van der Waals surface area (Å²) in [5.41, 5.74) is 4.28. The number of ketones is 2. The first-order valence-electron chi connectivity index (χ1n) is 18.2. The maximum absolute atomic E-state index is 12.4. The van der Waals surface area contributed by atoms with E-state index in [0.29, 0.717) is 26.1 Å². The lowest BCUT2D eigenvalue weighted by atomic mass is 10.0. The number of carbonyl (C=O) groups excluding carboxylic acids is 2. The zero-order chi connectivity index (χ0) is 33.2. The second-order valence-electron chi connectivity index (χ2n) is 13.1. The molecule has 2 aromatic rings. The van der Waals surface area contributed by atoms with Crippen molar-refractivity contribution in [3.05, 3.63) is 59.7 Å². The van der Waals surface area contributed by atoms with Gasteiger partial charge in [-0.3, -0.25) is 9.59 Å². The molecule has 0 bridgehead atoms. The molecule has 0 unspecified atom stereocenters. The van der Waals surface area contributed by atoms with Gasteiger partial charge in [-0.25, -0.2) is 0 Å². The van der Waals surface area contributed by atoms with Gasteiger partial charge in [-0.15, -0.1) is 0 Å². The second-order valence-corrected chi connectivity index (χ2v) is 13.1. The molecule has 2 aromatic carbocycles. The topological polar surface area (TPSA) is 59.1 Å². The smallest absolute Gasteiger partial charge is 0.158 e. The molecule has 0 radical (unpaired) electrons. The van der Waals surface area contributed by atoms with Gasteiger partial charge in [0.05, 0.1) is 13.2 Å². The van der Waals surface area contributed by atoms with Gasteiger partial charge in [0, 0.05) is 12.8 Å². The maximum Gasteiger partial charge on any atom is 0.158 e. The highest BCUT2D eigenvalue weighted by Crippen LogP contribution is 2.22. The third kappa shape index (κ3) is 19.3. The Morgan fingerprint density at radius 3 is 1.35 bits per heavy atom. The van der Waals surface area contributed by atoms with Gasteiger partial charge in [0.25, 0.3) is 0 Å². The first kappa shape index (κ1) is 39.8. The monoisotopic (exact) mass is 636 g/mol. The van der Waals surface area contributed by atoms with E-state index in [2.05, 4.69) is 62.0 Å². The van der Waals surface area contributed by atoms with E-state index in [1.165, 1.54) is 64.2 Å². The van der Waals surface area contributed by atoms with Crippen molar-refractivity contribution in [2.24, 2.45) is 0 Å². The van der Waals surface area contributed by atoms with Crippen molar-refractivity contribution in [3.63, 3.8) is 0 Å². The largest absolute Gasteiger partial charge is 0.369 e. The lowest BCUT2D eigenvalue weighted by Gasteiger charge is -2.16. The molecule has 0 aliphatic heterocycles. The summed E-state index contributed by atoms with van der Waals surface area (Å²) in [5, 5.41) is 0. The molecule has 0 saturated heterocycles. The molecule has 0 fully saturated rings. The fourth-order valence-corrected chi connectivity index (χ4v) is 5.68. The van der Waals surface area contributed by atoms with Gasteiger partial charge in [-0.2, -0.15) is 0 Å². The summed E-state index contributed by atoms with van der Waals surface area (Å²) in [6.45, 7) is 9.76. The molecule has 0 amide bonds. The number of rotatable bonds is 29. The molecule has 6 heteroatoms. The highest BCUT2D eigenvalue weighted by atomic mass is 16.5. The first-order valence-corrected chi connectivity index (χ1v) is 18.2. The Balaban J connectivity index is 1.64. The summed E-state index contributed by atoms with van der Waals surface area (Å²) in [5.74, 6) is 0.332. The summed E-state index contributed by atoms with van der Waals surface area (Å²) in [4.78, 5) is 29.4. The summed E-state index contributed by atoms with van der Waals surface area (Å²) in [6.07, 6.45) is 15.8. The van der Waals surface area contributed by atoms with E-state index in [4.69, 9.17) is 9.47 Å². The standard InChI is InChI=1S/C40H64N2O4/c1-5-7-9-11-13-25-41(3)27-17-23-39(43)33-45-31-35-19-15-21-37(29-35)38-22-16-20-36(30-38)32-46-34-40(44)24-18-28-42(4)26-14-12-10-8-6-2/h15-16,19-22,29-30H,5-14,17-18,23-28,31-34H2,1-4H3. The van der Waals surface area contributed by atoms with Crippen molar-refractivity contribution in [2.75, 3.05) is 53.5 Å². The van der Waals surface area contributed by atoms with Crippen LogP contribution in [0.15, 0.2) is 48.5 Å². The molecule has 0 heterocycles. The summed E-state index contributed by atoms with van der Waals surface area (Å²) in [7, 11) is 4.30. The van der Waals surface area contributed by atoms with E-state index in [-0.39, 0.29) is 24.8 Å². The lowest BCUT2D eigenvalue weighted by Crippen LogP contribution is -2.22. The fourth-order valence-electron chi connectivity index (χ4n) is 5.68. The van der Waals surface area contributed by atoms with Crippen LogP contribution in [0.1, 0.15) is 115 Å².